The third kappa shape index (κ3) is 5.68. The summed E-state index contributed by atoms with van der Waals surface area (Å²) in [4.78, 5) is 10.6. The Labute approximate surface area is 150 Å². The van der Waals surface area contributed by atoms with Crippen molar-refractivity contribution in [1.82, 2.24) is 10.6 Å². The molecule has 0 amide bonds. The molecule has 3 N–H and O–H groups in total. The first-order valence-corrected chi connectivity index (χ1v) is 9.56. The quantitative estimate of drug-likeness (QED) is 0.677. The number of hydrogen-bond donors (Lipinski definition) is 3. The summed E-state index contributed by atoms with van der Waals surface area (Å²) in [6.07, 6.45) is 8.46. The number of benzene rings is 1. The predicted molar refractivity (Wildman–Crippen MR) is 101 cm³/mol. The molecule has 4 heteroatoms. The van der Waals surface area contributed by atoms with E-state index in [-0.39, 0.29) is 6.42 Å². The number of carboxylic acid groups (broad SMARTS) is 1. The molecule has 3 rings (SSSR count). The van der Waals surface area contributed by atoms with Gasteiger partial charge in [-0.25, -0.2) is 0 Å². The van der Waals surface area contributed by atoms with Gasteiger partial charge in [0, 0.05) is 24.7 Å². The van der Waals surface area contributed by atoms with Gasteiger partial charge in [-0.05, 0) is 50.5 Å². The summed E-state index contributed by atoms with van der Waals surface area (Å²) in [5.41, 5.74) is 2.77. The summed E-state index contributed by atoms with van der Waals surface area (Å²) in [5, 5.41) is 15.9. The van der Waals surface area contributed by atoms with Crippen LogP contribution in [-0.2, 0) is 4.79 Å². The monoisotopic (exact) mass is 342 g/mol. The lowest BCUT2D eigenvalue weighted by Gasteiger charge is -2.30. The first-order chi connectivity index (χ1) is 12.1. The summed E-state index contributed by atoms with van der Waals surface area (Å²) >= 11 is 0. The van der Waals surface area contributed by atoms with Crippen molar-refractivity contribution in [3.63, 3.8) is 0 Å². The van der Waals surface area contributed by atoms with Crippen LogP contribution in [0.1, 0.15) is 51.0 Å². The molecule has 2 aliphatic rings. The van der Waals surface area contributed by atoms with E-state index >= 15 is 0 Å². The van der Waals surface area contributed by atoms with E-state index in [4.69, 9.17) is 5.11 Å². The Morgan fingerprint density at radius 3 is 2.52 bits per heavy atom. The van der Waals surface area contributed by atoms with Gasteiger partial charge in [0.25, 0.3) is 0 Å². The molecule has 2 unspecified atom stereocenters. The molecule has 2 saturated carbocycles. The average molecular weight is 342 g/mol. The van der Waals surface area contributed by atoms with Crippen LogP contribution in [0.15, 0.2) is 35.9 Å². The van der Waals surface area contributed by atoms with Crippen LogP contribution in [0.25, 0.3) is 6.08 Å². The number of hydrogen-bond acceptors (Lipinski definition) is 3. The molecule has 2 fully saturated rings. The SMILES string of the molecule is C/C(=C\c1ccccc1)C1CC1NC1CCC(NCCC(=O)O)CC1. The number of rotatable bonds is 8. The van der Waals surface area contributed by atoms with Gasteiger partial charge in [-0.15, -0.1) is 0 Å². The lowest BCUT2D eigenvalue weighted by Crippen LogP contribution is -2.41. The second-order valence-electron chi connectivity index (χ2n) is 7.56. The van der Waals surface area contributed by atoms with Gasteiger partial charge < -0.3 is 15.7 Å². The van der Waals surface area contributed by atoms with Crippen molar-refractivity contribution in [3.8, 4) is 0 Å². The first kappa shape index (κ1) is 18.2. The second kappa shape index (κ2) is 8.63. The van der Waals surface area contributed by atoms with Gasteiger partial charge in [-0.1, -0.05) is 42.0 Å². The van der Waals surface area contributed by atoms with Crippen molar-refractivity contribution in [1.29, 1.82) is 0 Å². The molecule has 1 aromatic carbocycles. The molecular weight excluding hydrogens is 312 g/mol. The topological polar surface area (TPSA) is 61.4 Å². The van der Waals surface area contributed by atoms with E-state index in [2.05, 4.69) is 54.0 Å². The fraction of sp³-hybridized carbons (Fsp3) is 0.571. The maximum absolute atomic E-state index is 10.6. The van der Waals surface area contributed by atoms with Gasteiger partial charge in [0.1, 0.15) is 0 Å². The Hall–Kier alpha value is -1.65. The smallest absolute Gasteiger partial charge is 0.304 e. The molecule has 0 heterocycles. The fourth-order valence-electron chi connectivity index (χ4n) is 3.95. The van der Waals surface area contributed by atoms with Crippen molar-refractivity contribution in [2.75, 3.05) is 6.54 Å². The van der Waals surface area contributed by atoms with Crippen LogP contribution in [0.2, 0.25) is 0 Å². The Morgan fingerprint density at radius 1 is 1.16 bits per heavy atom. The van der Waals surface area contributed by atoms with E-state index in [9.17, 15) is 4.79 Å². The van der Waals surface area contributed by atoms with Crippen LogP contribution in [0, 0.1) is 5.92 Å². The predicted octanol–water partition coefficient (Wildman–Crippen LogP) is 3.44. The van der Waals surface area contributed by atoms with E-state index < -0.39 is 5.97 Å². The molecule has 2 atom stereocenters. The number of aliphatic carboxylic acids is 1. The van der Waals surface area contributed by atoms with Crippen molar-refractivity contribution in [2.45, 2.75) is 63.6 Å². The number of nitrogens with one attached hydrogen (secondary N) is 2. The maximum atomic E-state index is 10.6. The highest BCUT2D eigenvalue weighted by Gasteiger charge is 2.39. The molecule has 0 aliphatic heterocycles. The Balaban J connectivity index is 1.36. The van der Waals surface area contributed by atoms with E-state index in [1.54, 1.807) is 0 Å². The van der Waals surface area contributed by atoms with Gasteiger partial charge >= 0.3 is 5.97 Å². The zero-order chi connectivity index (χ0) is 17.6. The summed E-state index contributed by atoms with van der Waals surface area (Å²) in [5.74, 6) is -0.0341. The Kier molecular flexibility index (Phi) is 6.27. The molecular formula is C21H30N2O2. The fourth-order valence-corrected chi connectivity index (χ4v) is 3.95. The number of carbonyl (C=O) groups is 1. The van der Waals surface area contributed by atoms with E-state index in [0.717, 1.165) is 12.8 Å². The van der Waals surface area contributed by atoms with Crippen LogP contribution >= 0.6 is 0 Å². The lowest BCUT2D eigenvalue weighted by molar-refractivity contribution is -0.136. The van der Waals surface area contributed by atoms with Crippen molar-refractivity contribution >= 4 is 12.0 Å². The molecule has 2 aliphatic carbocycles. The largest absolute Gasteiger partial charge is 0.481 e. The molecule has 0 aromatic heterocycles. The minimum Gasteiger partial charge on any atom is -0.481 e. The Bertz CT molecular complexity index is 591. The molecule has 136 valence electrons. The van der Waals surface area contributed by atoms with Gasteiger partial charge in [0.15, 0.2) is 0 Å². The molecule has 0 bridgehead atoms. The van der Waals surface area contributed by atoms with Gasteiger partial charge in [0.2, 0.25) is 0 Å². The zero-order valence-corrected chi connectivity index (χ0v) is 15.1. The minimum atomic E-state index is -0.721. The third-order valence-electron chi connectivity index (χ3n) is 5.52. The van der Waals surface area contributed by atoms with Crippen LogP contribution in [0.4, 0.5) is 0 Å². The van der Waals surface area contributed by atoms with E-state index in [1.165, 1.54) is 30.4 Å². The average Bonchev–Trinajstić information content (AvgIpc) is 3.36. The lowest BCUT2D eigenvalue weighted by atomic mass is 9.91. The standard InChI is InChI=1S/C21H30N2O2/c1-15(13-16-5-3-2-4-6-16)19-14-20(19)23-18-9-7-17(8-10-18)22-12-11-21(24)25/h2-6,13,17-20,22-23H,7-12,14H2,1H3,(H,24,25)/b15-13+. The maximum Gasteiger partial charge on any atom is 0.304 e. The summed E-state index contributed by atoms with van der Waals surface area (Å²) in [6.45, 7) is 2.84. The first-order valence-electron chi connectivity index (χ1n) is 9.56. The molecule has 4 nitrogen and oxygen atoms in total. The normalized spacial score (nSPS) is 29.4. The van der Waals surface area contributed by atoms with Crippen molar-refractivity contribution in [3.05, 3.63) is 41.5 Å². The van der Waals surface area contributed by atoms with Gasteiger partial charge in [-0.2, -0.15) is 0 Å². The highest BCUT2D eigenvalue weighted by Crippen LogP contribution is 2.39. The summed E-state index contributed by atoms with van der Waals surface area (Å²) in [7, 11) is 0. The van der Waals surface area contributed by atoms with Crippen LogP contribution in [0.5, 0.6) is 0 Å². The third-order valence-corrected chi connectivity index (χ3v) is 5.52. The Morgan fingerprint density at radius 2 is 1.84 bits per heavy atom. The zero-order valence-electron chi connectivity index (χ0n) is 15.1. The van der Waals surface area contributed by atoms with Crippen LogP contribution in [-0.4, -0.2) is 35.7 Å². The highest BCUT2D eigenvalue weighted by molar-refractivity contribution is 5.66. The molecule has 0 radical (unpaired) electrons. The summed E-state index contributed by atoms with van der Waals surface area (Å²) < 4.78 is 0. The van der Waals surface area contributed by atoms with Gasteiger partial charge in [0.05, 0.1) is 6.42 Å². The van der Waals surface area contributed by atoms with Crippen LogP contribution in [0.3, 0.4) is 0 Å². The van der Waals surface area contributed by atoms with E-state index in [1.807, 2.05) is 0 Å². The van der Waals surface area contributed by atoms with E-state index in [0.29, 0.717) is 30.6 Å². The minimum absolute atomic E-state index is 0.217. The molecule has 25 heavy (non-hydrogen) atoms. The molecule has 0 spiro atoms. The van der Waals surface area contributed by atoms with Crippen molar-refractivity contribution < 1.29 is 9.90 Å². The summed E-state index contributed by atoms with van der Waals surface area (Å²) in [6, 6.07) is 12.3. The molecule has 1 aromatic rings. The van der Waals surface area contributed by atoms with Gasteiger partial charge in [-0.3, -0.25) is 4.79 Å². The second-order valence-corrected chi connectivity index (χ2v) is 7.56. The van der Waals surface area contributed by atoms with Crippen LogP contribution < -0.4 is 10.6 Å². The highest BCUT2D eigenvalue weighted by atomic mass is 16.4. The number of carboxylic acids is 1. The molecule has 0 saturated heterocycles. The van der Waals surface area contributed by atoms with Crippen molar-refractivity contribution in [2.24, 2.45) is 5.92 Å².